The van der Waals surface area contributed by atoms with Crippen LogP contribution in [-0.2, 0) is 0 Å². The Labute approximate surface area is 121 Å². The van der Waals surface area contributed by atoms with Crippen LogP contribution in [0.1, 0.15) is 5.56 Å². The summed E-state index contributed by atoms with van der Waals surface area (Å²) >= 11 is 6.33. The van der Waals surface area contributed by atoms with Gasteiger partial charge in [-0.1, -0.05) is 48.0 Å². The van der Waals surface area contributed by atoms with Crippen LogP contribution in [0, 0.1) is 12.7 Å². The molecular formula is C16H12ClFN2. The Balaban J connectivity index is 2.16. The Morgan fingerprint density at radius 1 is 1.05 bits per heavy atom. The molecule has 0 saturated carbocycles. The number of rotatable bonds is 2. The van der Waals surface area contributed by atoms with Crippen LogP contribution in [0.3, 0.4) is 0 Å². The lowest BCUT2D eigenvalue weighted by Gasteiger charge is -2.02. The molecule has 0 unspecified atom stereocenters. The second-order valence-corrected chi connectivity index (χ2v) is 4.88. The SMILES string of the molecule is Cc1c(-c2ccccc2)nn(-c2cccc(F)c2)c1Cl. The smallest absolute Gasteiger partial charge is 0.136 e. The van der Waals surface area contributed by atoms with Crippen molar-refractivity contribution in [2.24, 2.45) is 0 Å². The van der Waals surface area contributed by atoms with Gasteiger partial charge in [0.15, 0.2) is 0 Å². The quantitative estimate of drug-likeness (QED) is 0.671. The second kappa shape index (κ2) is 5.10. The standard InChI is InChI=1S/C16H12ClFN2/c1-11-15(12-6-3-2-4-7-12)19-20(16(11)17)14-9-5-8-13(18)10-14/h2-10H,1H3. The normalized spacial score (nSPS) is 10.8. The van der Waals surface area contributed by atoms with Gasteiger partial charge in [0.1, 0.15) is 11.0 Å². The first kappa shape index (κ1) is 12.9. The zero-order chi connectivity index (χ0) is 14.1. The minimum atomic E-state index is -0.312. The molecule has 2 nitrogen and oxygen atoms in total. The van der Waals surface area contributed by atoms with Gasteiger partial charge in [0, 0.05) is 11.1 Å². The summed E-state index contributed by atoms with van der Waals surface area (Å²) in [6.45, 7) is 1.91. The molecule has 2 aromatic carbocycles. The molecule has 0 fully saturated rings. The fourth-order valence-electron chi connectivity index (χ4n) is 2.12. The van der Waals surface area contributed by atoms with Crippen molar-refractivity contribution in [2.45, 2.75) is 6.92 Å². The Bertz CT molecular complexity index is 750. The average Bonchev–Trinajstić information content (AvgIpc) is 2.76. The summed E-state index contributed by atoms with van der Waals surface area (Å²) in [5.74, 6) is -0.312. The largest absolute Gasteiger partial charge is 0.221 e. The molecule has 20 heavy (non-hydrogen) atoms. The second-order valence-electron chi connectivity index (χ2n) is 4.52. The van der Waals surface area contributed by atoms with Crippen LogP contribution in [-0.4, -0.2) is 9.78 Å². The molecule has 0 bridgehead atoms. The van der Waals surface area contributed by atoms with E-state index in [4.69, 9.17) is 11.6 Å². The van der Waals surface area contributed by atoms with Crippen molar-refractivity contribution >= 4 is 11.6 Å². The highest BCUT2D eigenvalue weighted by atomic mass is 35.5. The molecule has 3 rings (SSSR count). The lowest BCUT2D eigenvalue weighted by molar-refractivity contribution is 0.625. The van der Waals surface area contributed by atoms with E-state index in [-0.39, 0.29) is 5.82 Å². The topological polar surface area (TPSA) is 17.8 Å². The summed E-state index contributed by atoms with van der Waals surface area (Å²) < 4.78 is 14.9. The lowest BCUT2D eigenvalue weighted by atomic mass is 10.1. The fraction of sp³-hybridized carbons (Fsp3) is 0.0625. The van der Waals surface area contributed by atoms with Gasteiger partial charge in [0.05, 0.1) is 11.4 Å². The van der Waals surface area contributed by atoms with E-state index in [0.717, 1.165) is 16.8 Å². The van der Waals surface area contributed by atoms with Gasteiger partial charge in [0.2, 0.25) is 0 Å². The Morgan fingerprint density at radius 2 is 1.80 bits per heavy atom. The number of halogens is 2. The zero-order valence-electron chi connectivity index (χ0n) is 10.8. The molecule has 0 radical (unpaired) electrons. The van der Waals surface area contributed by atoms with Crippen LogP contribution in [0.4, 0.5) is 4.39 Å². The minimum absolute atomic E-state index is 0.312. The summed E-state index contributed by atoms with van der Waals surface area (Å²) in [5.41, 5.74) is 3.28. The van der Waals surface area contributed by atoms with Crippen molar-refractivity contribution in [3.63, 3.8) is 0 Å². The van der Waals surface area contributed by atoms with Crippen LogP contribution in [0.2, 0.25) is 5.15 Å². The van der Waals surface area contributed by atoms with Crippen molar-refractivity contribution in [2.75, 3.05) is 0 Å². The summed E-state index contributed by atoms with van der Waals surface area (Å²) in [5, 5.41) is 5.00. The summed E-state index contributed by atoms with van der Waals surface area (Å²) in [7, 11) is 0. The fourth-order valence-corrected chi connectivity index (χ4v) is 2.35. The minimum Gasteiger partial charge on any atom is -0.221 e. The number of hydrogen-bond acceptors (Lipinski definition) is 1. The molecule has 4 heteroatoms. The third kappa shape index (κ3) is 2.21. The molecule has 3 aromatic rings. The maximum atomic E-state index is 13.3. The Morgan fingerprint density at radius 3 is 2.50 bits per heavy atom. The highest BCUT2D eigenvalue weighted by molar-refractivity contribution is 6.31. The van der Waals surface area contributed by atoms with E-state index in [2.05, 4.69) is 5.10 Å². The molecule has 0 aliphatic rings. The summed E-state index contributed by atoms with van der Waals surface area (Å²) in [4.78, 5) is 0. The van der Waals surface area contributed by atoms with Crippen molar-refractivity contribution < 1.29 is 4.39 Å². The molecule has 0 spiro atoms. The Kier molecular flexibility index (Phi) is 3.28. The molecule has 0 aliphatic carbocycles. The van der Waals surface area contributed by atoms with Crippen LogP contribution >= 0.6 is 11.6 Å². The molecule has 0 atom stereocenters. The molecule has 1 aromatic heterocycles. The third-order valence-corrected chi connectivity index (χ3v) is 3.59. The van der Waals surface area contributed by atoms with Gasteiger partial charge < -0.3 is 0 Å². The van der Waals surface area contributed by atoms with Crippen LogP contribution in [0.5, 0.6) is 0 Å². The zero-order valence-corrected chi connectivity index (χ0v) is 11.6. The van der Waals surface area contributed by atoms with Gasteiger partial charge in [-0.05, 0) is 25.1 Å². The number of benzene rings is 2. The predicted molar refractivity (Wildman–Crippen MR) is 78.7 cm³/mol. The monoisotopic (exact) mass is 286 g/mol. The van der Waals surface area contributed by atoms with E-state index in [0.29, 0.717) is 10.8 Å². The van der Waals surface area contributed by atoms with Crippen LogP contribution < -0.4 is 0 Å². The number of aromatic nitrogens is 2. The van der Waals surface area contributed by atoms with Gasteiger partial charge in [0.25, 0.3) is 0 Å². The van der Waals surface area contributed by atoms with Gasteiger partial charge in [-0.2, -0.15) is 5.10 Å². The molecule has 0 aliphatic heterocycles. The molecule has 0 amide bonds. The average molecular weight is 287 g/mol. The van der Waals surface area contributed by atoms with Gasteiger partial charge >= 0.3 is 0 Å². The molecule has 0 N–H and O–H groups in total. The highest BCUT2D eigenvalue weighted by Crippen LogP contribution is 2.29. The van der Waals surface area contributed by atoms with E-state index < -0.39 is 0 Å². The maximum absolute atomic E-state index is 13.3. The van der Waals surface area contributed by atoms with Crippen LogP contribution in [0.25, 0.3) is 16.9 Å². The molecule has 1 heterocycles. The van der Waals surface area contributed by atoms with E-state index in [9.17, 15) is 4.39 Å². The Hall–Kier alpha value is -2.13. The van der Waals surface area contributed by atoms with Gasteiger partial charge in [-0.3, -0.25) is 0 Å². The first-order chi connectivity index (χ1) is 9.66. The first-order valence-corrected chi connectivity index (χ1v) is 6.61. The van der Waals surface area contributed by atoms with E-state index in [1.54, 1.807) is 16.8 Å². The van der Waals surface area contributed by atoms with E-state index in [1.807, 2.05) is 37.3 Å². The predicted octanol–water partition coefficient (Wildman–Crippen LogP) is 4.64. The van der Waals surface area contributed by atoms with Gasteiger partial charge in [-0.15, -0.1) is 0 Å². The summed E-state index contributed by atoms with van der Waals surface area (Å²) in [6.07, 6.45) is 0. The summed E-state index contributed by atoms with van der Waals surface area (Å²) in [6, 6.07) is 16.0. The van der Waals surface area contributed by atoms with Crippen molar-refractivity contribution in [3.8, 4) is 16.9 Å². The number of hydrogen-bond donors (Lipinski definition) is 0. The van der Waals surface area contributed by atoms with E-state index in [1.165, 1.54) is 12.1 Å². The molecule has 0 saturated heterocycles. The first-order valence-electron chi connectivity index (χ1n) is 6.23. The van der Waals surface area contributed by atoms with Crippen molar-refractivity contribution in [1.82, 2.24) is 9.78 Å². The van der Waals surface area contributed by atoms with Gasteiger partial charge in [-0.25, -0.2) is 9.07 Å². The number of nitrogens with zero attached hydrogens (tertiary/aromatic N) is 2. The van der Waals surface area contributed by atoms with E-state index >= 15 is 0 Å². The maximum Gasteiger partial charge on any atom is 0.136 e. The molecule has 100 valence electrons. The van der Waals surface area contributed by atoms with Crippen molar-refractivity contribution in [3.05, 3.63) is 71.1 Å². The lowest BCUT2D eigenvalue weighted by Crippen LogP contribution is -1.97. The molecular weight excluding hydrogens is 275 g/mol. The van der Waals surface area contributed by atoms with Crippen LogP contribution in [0.15, 0.2) is 54.6 Å². The third-order valence-electron chi connectivity index (χ3n) is 3.15. The van der Waals surface area contributed by atoms with Crippen molar-refractivity contribution in [1.29, 1.82) is 0 Å². The highest BCUT2D eigenvalue weighted by Gasteiger charge is 2.15.